The van der Waals surface area contributed by atoms with Gasteiger partial charge in [-0.3, -0.25) is 29.2 Å². The SMILES string of the molecule is COc1cc2c(cc1OCCCCCOc1cc3c(cc1C)C(=O)N1Cc4ccccc4C[C@H]1CC3)N=C[C@@H]1Cc3ccccc3CN1C2=O.COc1cc2c(cc1OCCNCCOc1cc3c(cc1C)C(=O)N1Cc4ccccc4C[C@H]1C=N3)CC[C@@H]1Cc3ccccc3CN1C2=O. The van der Waals surface area contributed by atoms with Gasteiger partial charge >= 0.3 is 0 Å². The fraction of sp³-hybridized carbons (Fsp3) is 0.349. The van der Waals surface area contributed by atoms with Gasteiger partial charge in [-0.15, -0.1) is 0 Å². The Hall–Kier alpha value is -10.3. The first-order chi connectivity index (χ1) is 48.9. The molecule has 8 aromatic carbocycles. The average molecular weight is 1340 g/mol. The summed E-state index contributed by atoms with van der Waals surface area (Å²) in [7, 11) is 3.21. The summed E-state index contributed by atoms with van der Waals surface area (Å²) in [4.78, 5) is 72.1. The number of aliphatic imine (C=N–C) groups is 2. The minimum absolute atomic E-state index is 0.00722. The molecule has 1 N–H and O–H groups in total. The molecule has 0 fully saturated rings. The maximum absolute atomic E-state index is 13.7. The Bertz CT molecular complexity index is 4540. The van der Waals surface area contributed by atoms with Gasteiger partial charge in [0.1, 0.15) is 24.7 Å². The van der Waals surface area contributed by atoms with Crippen LogP contribution in [0.3, 0.4) is 0 Å². The van der Waals surface area contributed by atoms with Gasteiger partial charge in [-0.2, -0.15) is 0 Å². The largest absolute Gasteiger partial charge is 0.493 e. The van der Waals surface area contributed by atoms with Crippen molar-refractivity contribution in [2.75, 3.05) is 53.7 Å². The van der Waals surface area contributed by atoms with Crippen LogP contribution in [0.4, 0.5) is 11.4 Å². The first-order valence-electron chi connectivity index (χ1n) is 35.5. The summed E-state index contributed by atoms with van der Waals surface area (Å²) in [5, 5.41) is 3.38. The van der Waals surface area contributed by atoms with Crippen LogP contribution in [0.5, 0.6) is 34.5 Å². The predicted molar refractivity (Wildman–Crippen MR) is 385 cm³/mol. The van der Waals surface area contributed by atoms with Gasteiger partial charge in [0.15, 0.2) is 23.0 Å². The molecule has 4 amide bonds. The summed E-state index contributed by atoms with van der Waals surface area (Å²) in [6, 6.07) is 49.1. The number of nitrogens with one attached hydrogen (secondary N) is 1. The Morgan fingerprint density at radius 3 is 1.24 bits per heavy atom. The second-order valence-corrected chi connectivity index (χ2v) is 27.5. The van der Waals surface area contributed by atoms with E-state index in [2.05, 4.69) is 83.0 Å². The monoisotopic (exact) mass is 1340 g/mol. The highest BCUT2D eigenvalue weighted by Crippen LogP contribution is 2.42. The van der Waals surface area contributed by atoms with Gasteiger partial charge in [-0.25, -0.2) is 0 Å². The number of hydrogen-bond donors (Lipinski definition) is 1. The highest BCUT2D eigenvalue weighted by atomic mass is 16.5. The van der Waals surface area contributed by atoms with Crippen LogP contribution in [0.2, 0.25) is 0 Å². The highest BCUT2D eigenvalue weighted by Gasteiger charge is 2.39. The summed E-state index contributed by atoms with van der Waals surface area (Å²) < 4.78 is 36.1. The number of aryl methyl sites for hydroxylation is 4. The average Bonchev–Trinajstić information content (AvgIpc) is 1.56. The Labute approximate surface area is 584 Å². The van der Waals surface area contributed by atoms with Crippen molar-refractivity contribution in [1.82, 2.24) is 24.9 Å². The van der Waals surface area contributed by atoms with E-state index in [4.69, 9.17) is 38.4 Å². The molecule has 8 aliphatic heterocycles. The number of benzene rings is 8. The number of methoxy groups -OCH3 is 2. The molecule has 0 spiro atoms. The van der Waals surface area contributed by atoms with E-state index in [9.17, 15) is 19.2 Å². The molecule has 0 aliphatic carbocycles. The second-order valence-electron chi connectivity index (χ2n) is 27.5. The molecule has 100 heavy (non-hydrogen) atoms. The number of unbranched alkanes of at least 4 members (excludes halogenated alkanes) is 2. The van der Waals surface area contributed by atoms with Crippen LogP contribution in [-0.2, 0) is 64.7 Å². The molecule has 8 aromatic rings. The van der Waals surface area contributed by atoms with Gasteiger partial charge in [0.25, 0.3) is 23.6 Å². The number of carbonyl (C=O) groups is 4. The summed E-state index contributed by atoms with van der Waals surface area (Å²) in [6.07, 6.45) is 13.3. The van der Waals surface area contributed by atoms with Crippen molar-refractivity contribution >= 4 is 47.4 Å². The lowest BCUT2D eigenvalue weighted by molar-refractivity contribution is 0.0635. The summed E-state index contributed by atoms with van der Waals surface area (Å²) in [6.45, 7) is 9.69. The summed E-state index contributed by atoms with van der Waals surface area (Å²) in [5.41, 5.74) is 18.0. The van der Waals surface area contributed by atoms with Crippen molar-refractivity contribution in [3.05, 3.63) is 235 Å². The van der Waals surface area contributed by atoms with Crippen LogP contribution in [0.1, 0.15) is 140 Å². The number of nitrogens with zero attached hydrogens (tertiary/aromatic N) is 6. The fourth-order valence-electron chi connectivity index (χ4n) is 15.7. The lowest BCUT2D eigenvalue weighted by Gasteiger charge is -2.36. The molecule has 0 saturated carbocycles. The van der Waals surface area contributed by atoms with Crippen molar-refractivity contribution in [1.29, 1.82) is 0 Å². The van der Waals surface area contributed by atoms with Crippen molar-refractivity contribution in [3.8, 4) is 34.5 Å². The van der Waals surface area contributed by atoms with E-state index in [0.29, 0.717) is 117 Å². The predicted octanol–water partition coefficient (Wildman–Crippen LogP) is 13.3. The summed E-state index contributed by atoms with van der Waals surface area (Å²) >= 11 is 0. The minimum Gasteiger partial charge on any atom is -0.493 e. The molecule has 8 aliphatic rings. The van der Waals surface area contributed by atoms with Crippen molar-refractivity contribution in [2.24, 2.45) is 9.98 Å². The second kappa shape index (κ2) is 28.9. The van der Waals surface area contributed by atoms with Gasteiger partial charge in [-0.05, 0) is 188 Å². The Morgan fingerprint density at radius 2 is 0.740 bits per heavy atom. The van der Waals surface area contributed by atoms with E-state index in [1.54, 1.807) is 20.3 Å². The molecule has 16 rings (SSSR count). The molecule has 512 valence electrons. The first-order valence-corrected chi connectivity index (χ1v) is 35.5. The first kappa shape index (κ1) is 65.7. The van der Waals surface area contributed by atoms with E-state index in [1.165, 1.54) is 44.5 Å². The Balaban J connectivity index is 0.000000162. The van der Waals surface area contributed by atoms with E-state index in [1.807, 2.05) is 108 Å². The van der Waals surface area contributed by atoms with Gasteiger partial charge in [0.05, 0.1) is 62.0 Å². The topological polar surface area (TPSA) is 173 Å². The van der Waals surface area contributed by atoms with Crippen molar-refractivity contribution in [3.63, 3.8) is 0 Å². The van der Waals surface area contributed by atoms with Crippen LogP contribution < -0.4 is 33.7 Å². The highest BCUT2D eigenvalue weighted by molar-refractivity contribution is 6.05. The molecule has 4 atom stereocenters. The normalized spacial score (nSPS) is 18.8. The van der Waals surface area contributed by atoms with Crippen LogP contribution in [-0.4, -0.2) is 134 Å². The zero-order valence-corrected chi connectivity index (χ0v) is 57.4. The third-order valence-electron chi connectivity index (χ3n) is 21.3. The lowest BCUT2D eigenvalue weighted by atomic mass is 9.92. The van der Waals surface area contributed by atoms with Gasteiger partial charge in [0, 0.05) is 87.0 Å². The number of fused-ring (bicyclic) bond motifs is 12. The Morgan fingerprint density at radius 1 is 0.380 bits per heavy atom. The zero-order valence-electron chi connectivity index (χ0n) is 57.4. The smallest absolute Gasteiger partial charge is 0.257 e. The number of carbonyl (C=O) groups excluding carboxylic acids is 4. The molecule has 17 nitrogen and oxygen atoms in total. The third-order valence-corrected chi connectivity index (χ3v) is 21.3. The molecule has 17 heteroatoms. The van der Waals surface area contributed by atoms with Gasteiger partial charge in [0.2, 0.25) is 0 Å². The number of amides is 4. The van der Waals surface area contributed by atoms with E-state index < -0.39 is 0 Å². The lowest BCUT2D eigenvalue weighted by Crippen LogP contribution is -2.44. The van der Waals surface area contributed by atoms with Crippen molar-refractivity contribution in [2.45, 2.75) is 135 Å². The molecular weight excluding hydrogens is 1250 g/mol. The van der Waals surface area contributed by atoms with E-state index >= 15 is 0 Å². The van der Waals surface area contributed by atoms with Crippen LogP contribution >= 0.6 is 0 Å². The molecule has 0 aromatic heterocycles. The van der Waals surface area contributed by atoms with Crippen LogP contribution in [0, 0.1) is 13.8 Å². The van der Waals surface area contributed by atoms with Crippen molar-refractivity contribution < 1.29 is 47.6 Å². The fourth-order valence-corrected chi connectivity index (χ4v) is 15.7. The Kier molecular flexibility index (Phi) is 19.0. The van der Waals surface area contributed by atoms with Crippen LogP contribution in [0.15, 0.2) is 156 Å². The zero-order chi connectivity index (χ0) is 68.4. The van der Waals surface area contributed by atoms with E-state index in [-0.39, 0.29) is 47.8 Å². The van der Waals surface area contributed by atoms with Crippen LogP contribution in [0.25, 0.3) is 0 Å². The van der Waals surface area contributed by atoms with Gasteiger partial charge in [-0.1, -0.05) is 97.1 Å². The molecule has 0 radical (unpaired) electrons. The van der Waals surface area contributed by atoms with Gasteiger partial charge < -0.3 is 53.3 Å². The quantitative estimate of drug-likeness (QED) is 0.0810. The maximum atomic E-state index is 13.7. The third kappa shape index (κ3) is 13.4. The summed E-state index contributed by atoms with van der Waals surface area (Å²) in [5.74, 6) is 4.09. The maximum Gasteiger partial charge on any atom is 0.257 e. The number of rotatable bonds is 18. The minimum atomic E-state index is -0.0831. The molecular formula is C83H85N7O10. The molecule has 8 heterocycles. The molecule has 0 saturated heterocycles. The van der Waals surface area contributed by atoms with E-state index in [0.717, 1.165) is 110 Å². The number of ether oxygens (including phenoxy) is 6. The standard InChI is InChI=1S/C42H43N3O5.C41H42N4O5/c1-27-18-35-30(14-15-33-19-28-10-4-6-12-31(28)25-44(33)41(35)46)21-38(27)49-16-8-3-9-17-50-40-23-37-36(22-39(40)48-2)42(47)45-26-32-13-7-5-11-29(32)20-34(45)24-43-37;1-26-17-35-36(43-23-33-19-28-8-4-6-10-31(28)25-45(33)41(35)47)22-37(26)49-15-13-42-14-16-50-39-20-29-11-12-32-18-27-7-3-5-9-30(27)24-44(32)40(46)34(29)21-38(39)48-2/h4-7,10-13,18,21-24,33-34H,3,8-9,14-17,19-20,25-26H2,1-2H3;3-10,17,20-23,32-33,42H,11-16,18-19,24-25H2,1-2H3/t33-,34+;32-,33+/m11/s1. The molecule has 0 bridgehead atoms. The molecule has 0 unspecified atom stereocenters. The number of hydrogen-bond acceptors (Lipinski definition) is 13.